The molecule has 3 aromatic carbocycles. The summed E-state index contributed by atoms with van der Waals surface area (Å²) in [6.07, 6.45) is 2.50. The number of benzene rings is 3. The predicted octanol–water partition coefficient (Wildman–Crippen LogP) is 6.56. The van der Waals surface area contributed by atoms with Gasteiger partial charge in [0.2, 0.25) is 0 Å². The van der Waals surface area contributed by atoms with Crippen LogP contribution in [0.3, 0.4) is 0 Å². The summed E-state index contributed by atoms with van der Waals surface area (Å²) in [5.74, 6) is -4.57. The second-order valence-corrected chi connectivity index (χ2v) is 12.7. The van der Waals surface area contributed by atoms with E-state index in [0.717, 1.165) is 25.9 Å². The smallest absolute Gasteiger partial charge is 0.312 e. The van der Waals surface area contributed by atoms with Gasteiger partial charge in [-0.3, -0.25) is 24.7 Å². The Balaban J connectivity index is 1.43. The molecule has 5 unspecified atom stereocenters. The number of carboxylic acid groups (broad SMARTS) is 2. The van der Waals surface area contributed by atoms with Crippen molar-refractivity contribution in [1.29, 1.82) is 0 Å². The summed E-state index contributed by atoms with van der Waals surface area (Å²) in [6.45, 7) is 7.08. The molecule has 0 saturated carbocycles. The molecule has 2 heterocycles. The van der Waals surface area contributed by atoms with Crippen molar-refractivity contribution < 1.29 is 24.7 Å². The number of likely N-dealkylation sites (tertiary alicyclic amines) is 1. The molecular weight excluding hydrogens is 570 g/mol. The third-order valence-electron chi connectivity index (χ3n) is 10.5. The van der Waals surface area contributed by atoms with Crippen LogP contribution in [0.2, 0.25) is 0 Å². The third-order valence-corrected chi connectivity index (χ3v) is 10.5. The minimum absolute atomic E-state index is 0.0269. The lowest BCUT2D eigenvalue weighted by atomic mass is 9.58. The maximum Gasteiger partial charge on any atom is 0.312 e. The zero-order valence-electron chi connectivity index (χ0n) is 26.0. The molecule has 3 aromatic rings. The summed E-state index contributed by atoms with van der Waals surface area (Å²) in [7, 11) is 0. The number of nitrogens with zero attached hydrogens (tertiary/aromatic N) is 3. The summed E-state index contributed by atoms with van der Waals surface area (Å²) < 4.78 is 0. The Bertz CT molecular complexity index is 1530. The highest BCUT2D eigenvalue weighted by Gasteiger charge is 2.58. The number of hydrogen-bond acceptors (Lipinski definition) is 6. The lowest BCUT2D eigenvalue weighted by Crippen LogP contribution is -2.54. The second-order valence-electron chi connectivity index (χ2n) is 12.7. The lowest BCUT2D eigenvalue weighted by molar-refractivity contribution is -0.385. The van der Waals surface area contributed by atoms with Crippen molar-refractivity contribution in [1.82, 2.24) is 4.90 Å². The Morgan fingerprint density at radius 2 is 1.56 bits per heavy atom. The van der Waals surface area contributed by atoms with Gasteiger partial charge in [0.25, 0.3) is 5.69 Å². The summed E-state index contributed by atoms with van der Waals surface area (Å²) in [6, 6.07) is 26.2. The summed E-state index contributed by atoms with van der Waals surface area (Å²) in [5.41, 5.74) is 1.35. The number of aliphatic carboxylic acids is 2. The first-order chi connectivity index (χ1) is 21.5. The van der Waals surface area contributed by atoms with Crippen molar-refractivity contribution >= 4 is 23.3 Å². The Kier molecular flexibility index (Phi) is 9.20. The van der Waals surface area contributed by atoms with Gasteiger partial charge in [0, 0.05) is 35.2 Å². The van der Waals surface area contributed by atoms with E-state index in [-0.39, 0.29) is 23.6 Å². The molecular formula is C36H41N3O6. The predicted molar refractivity (Wildman–Crippen MR) is 173 cm³/mol. The van der Waals surface area contributed by atoms with E-state index in [0.29, 0.717) is 17.7 Å². The van der Waals surface area contributed by atoms with Gasteiger partial charge in [-0.1, -0.05) is 72.8 Å². The Morgan fingerprint density at radius 1 is 0.978 bits per heavy atom. The van der Waals surface area contributed by atoms with Crippen LogP contribution in [0, 0.1) is 21.4 Å². The number of nitro groups is 1. The topological polar surface area (TPSA) is 133 Å². The van der Waals surface area contributed by atoms with Gasteiger partial charge in [-0.2, -0.15) is 0 Å². The lowest BCUT2D eigenvalue weighted by Gasteiger charge is -2.48. The molecule has 0 radical (unpaired) electrons. The van der Waals surface area contributed by atoms with Crippen molar-refractivity contribution in [2.45, 2.75) is 69.9 Å². The molecule has 0 aromatic heterocycles. The number of aliphatic imine (C=N–C) groups is 1. The number of carbonyl (C=O) groups is 2. The number of carboxylic acids is 2. The SMILES string of the molecule is CC1=NC(C)C(CCC(C)N2CCC(c3ccccc3)(c3ccccc3)CC2)(C(=O)O)C(c2cccc([N+](=O)[O-])c2)C1C(=O)O. The zero-order valence-corrected chi connectivity index (χ0v) is 26.0. The summed E-state index contributed by atoms with van der Waals surface area (Å²) in [4.78, 5) is 44.1. The standard InChI is InChI=1S/C36H41N3O6/c1-24(38-21-19-35(20-22-38,28-12-6-4-7-13-28)29-14-8-5-9-15-29)17-18-36(34(42)43)26(3)37-25(2)31(33(40)41)32(36)27-11-10-16-30(23-27)39(44)45/h4-16,23-24,26,31-32H,17-22H2,1-3H3,(H,40,41)(H,42,43). The van der Waals surface area contributed by atoms with E-state index in [1.54, 1.807) is 19.9 Å². The van der Waals surface area contributed by atoms with E-state index >= 15 is 0 Å². The highest BCUT2D eigenvalue weighted by atomic mass is 16.6. The fourth-order valence-electron chi connectivity index (χ4n) is 7.96. The van der Waals surface area contributed by atoms with Crippen LogP contribution in [0.1, 0.15) is 69.1 Å². The molecule has 236 valence electrons. The maximum absolute atomic E-state index is 13.3. The van der Waals surface area contributed by atoms with Crippen molar-refractivity contribution in [2.24, 2.45) is 16.3 Å². The van der Waals surface area contributed by atoms with Crippen molar-refractivity contribution in [3.8, 4) is 0 Å². The molecule has 0 spiro atoms. The zero-order chi connectivity index (χ0) is 32.4. The van der Waals surface area contributed by atoms with E-state index in [4.69, 9.17) is 0 Å². The van der Waals surface area contributed by atoms with Crippen molar-refractivity contribution in [3.63, 3.8) is 0 Å². The van der Waals surface area contributed by atoms with Crippen molar-refractivity contribution in [3.05, 3.63) is 112 Å². The van der Waals surface area contributed by atoms with Gasteiger partial charge in [-0.25, -0.2) is 0 Å². The molecule has 1 saturated heterocycles. The maximum atomic E-state index is 13.3. The molecule has 9 heteroatoms. The molecule has 0 bridgehead atoms. The molecule has 0 amide bonds. The van der Waals surface area contributed by atoms with Gasteiger partial charge < -0.3 is 15.1 Å². The highest BCUT2D eigenvalue weighted by molar-refractivity contribution is 6.03. The molecule has 2 N–H and O–H groups in total. The number of rotatable bonds is 10. The minimum atomic E-state index is -1.57. The van der Waals surface area contributed by atoms with Crippen molar-refractivity contribution in [2.75, 3.05) is 13.1 Å². The van der Waals surface area contributed by atoms with Crippen LogP contribution in [0.4, 0.5) is 5.69 Å². The average Bonchev–Trinajstić information content (AvgIpc) is 3.04. The molecule has 1 fully saturated rings. The molecule has 45 heavy (non-hydrogen) atoms. The van der Waals surface area contributed by atoms with Crippen LogP contribution >= 0.6 is 0 Å². The molecule has 5 rings (SSSR count). The first-order valence-corrected chi connectivity index (χ1v) is 15.6. The van der Waals surface area contributed by atoms with Gasteiger partial charge in [-0.05, 0) is 76.2 Å². The van der Waals surface area contributed by atoms with Crippen LogP contribution < -0.4 is 0 Å². The summed E-state index contributed by atoms with van der Waals surface area (Å²) in [5, 5.41) is 32.8. The normalized spacial score (nSPS) is 25.6. The van der Waals surface area contributed by atoms with Gasteiger partial charge in [0.05, 0.1) is 16.4 Å². The first kappa shape index (κ1) is 32.0. The van der Waals surface area contributed by atoms with E-state index in [2.05, 4.69) is 65.3 Å². The molecule has 9 nitrogen and oxygen atoms in total. The quantitative estimate of drug-likeness (QED) is 0.196. The van der Waals surface area contributed by atoms with Crippen LogP contribution in [0.5, 0.6) is 0 Å². The minimum Gasteiger partial charge on any atom is -0.481 e. The number of piperidine rings is 1. The molecule has 2 aliphatic heterocycles. The first-order valence-electron chi connectivity index (χ1n) is 15.6. The average molecular weight is 612 g/mol. The largest absolute Gasteiger partial charge is 0.481 e. The number of nitro benzene ring substituents is 1. The van der Waals surface area contributed by atoms with Crippen LogP contribution in [-0.2, 0) is 15.0 Å². The Hall–Kier alpha value is -4.37. The Labute approximate surface area is 263 Å². The number of hydrogen-bond donors (Lipinski definition) is 2. The van der Waals surface area contributed by atoms with Gasteiger partial charge in [0.15, 0.2) is 0 Å². The fourth-order valence-corrected chi connectivity index (χ4v) is 7.96. The van der Waals surface area contributed by atoms with E-state index in [1.165, 1.54) is 29.3 Å². The van der Waals surface area contributed by atoms with Gasteiger partial charge in [-0.15, -0.1) is 0 Å². The highest BCUT2D eigenvalue weighted by Crippen LogP contribution is 2.53. The van der Waals surface area contributed by atoms with E-state index in [1.807, 2.05) is 12.1 Å². The monoisotopic (exact) mass is 611 g/mol. The van der Waals surface area contributed by atoms with Crippen LogP contribution in [0.15, 0.2) is 89.9 Å². The number of non-ortho nitro benzene ring substituents is 1. The van der Waals surface area contributed by atoms with E-state index < -0.39 is 40.2 Å². The third kappa shape index (κ3) is 5.89. The molecule has 2 aliphatic rings. The van der Waals surface area contributed by atoms with Gasteiger partial charge >= 0.3 is 11.9 Å². The molecule has 5 atom stereocenters. The fraction of sp³-hybridized carbons (Fsp3) is 0.417. The van der Waals surface area contributed by atoms with Crippen LogP contribution in [-0.4, -0.2) is 62.9 Å². The summed E-state index contributed by atoms with van der Waals surface area (Å²) >= 11 is 0. The Morgan fingerprint density at radius 3 is 2.07 bits per heavy atom. The van der Waals surface area contributed by atoms with Crippen LogP contribution in [0.25, 0.3) is 0 Å². The van der Waals surface area contributed by atoms with E-state index in [9.17, 15) is 29.9 Å². The van der Waals surface area contributed by atoms with Gasteiger partial charge in [0.1, 0.15) is 5.92 Å². The molecule has 0 aliphatic carbocycles. The second kappa shape index (κ2) is 12.9.